The number of amides is 2. The van der Waals surface area contributed by atoms with E-state index < -0.39 is 5.66 Å². The van der Waals surface area contributed by atoms with Crippen molar-refractivity contribution >= 4 is 35.0 Å². The van der Waals surface area contributed by atoms with Gasteiger partial charge in [-0.05, 0) is 73.6 Å². The summed E-state index contributed by atoms with van der Waals surface area (Å²) in [7, 11) is 0. The highest BCUT2D eigenvalue weighted by atomic mass is 35.5. The summed E-state index contributed by atoms with van der Waals surface area (Å²) in [5, 5.41) is 10.5. The highest BCUT2D eigenvalue weighted by Gasteiger charge is 2.47. The number of amidine groups is 1. The van der Waals surface area contributed by atoms with E-state index in [1.807, 2.05) is 24.0 Å². The van der Waals surface area contributed by atoms with Crippen LogP contribution < -0.4 is 11.1 Å². The van der Waals surface area contributed by atoms with Gasteiger partial charge in [-0.15, -0.1) is 0 Å². The molecule has 222 valence electrons. The van der Waals surface area contributed by atoms with Crippen LogP contribution in [0.15, 0.2) is 47.7 Å². The van der Waals surface area contributed by atoms with Crippen LogP contribution in [0.25, 0.3) is 0 Å². The van der Waals surface area contributed by atoms with Crippen molar-refractivity contribution in [2.45, 2.75) is 92.3 Å². The molecular formula is C32H45ClN6O2. The van der Waals surface area contributed by atoms with Gasteiger partial charge in [0, 0.05) is 23.5 Å². The number of carbonyl (C=O) groups excluding carboxylic acids is 2. The molecule has 3 rings (SSSR count). The zero-order valence-corrected chi connectivity index (χ0v) is 26.2. The lowest BCUT2D eigenvalue weighted by molar-refractivity contribution is -0.131. The van der Waals surface area contributed by atoms with Gasteiger partial charge in [0.2, 0.25) is 0 Å². The van der Waals surface area contributed by atoms with E-state index in [4.69, 9.17) is 27.7 Å². The van der Waals surface area contributed by atoms with Crippen LogP contribution in [0, 0.1) is 16.2 Å². The highest BCUT2D eigenvalue weighted by molar-refractivity contribution is 6.47. The van der Waals surface area contributed by atoms with Gasteiger partial charge in [-0.2, -0.15) is 0 Å². The minimum absolute atomic E-state index is 0.0114. The molecule has 4 N–H and O–H groups in total. The number of nitrogens with zero attached hydrogens (tertiary/aromatic N) is 3. The summed E-state index contributed by atoms with van der Waals surface area (Å²) in [4.78, 5) is 38.1. The number of hydrogen-bond donors (Lipinski definition) is 3. The van der Waals surface area contributed by atoms with Crippen molar-refractivity contribution in [1.29, 1.82) is 5.41 Å². The monoisotopic (exact) mass is 580 g/mol. The first-order valence-corrected chi connectivity index (χ1v) is 14.6. The molecule has 2 unspecified atom stereocenters. The quantitative estimate of drug-likeness (QED) is 0.206. The van der Waals surface area contributed by atoms with Crippen LogP contribution in [-0.2, 0) is 4.79 Å². The van der Waals surface area contributed by atoms with Crippen LogP contribution in [-0.4, -0.2) is 45.5 Å². The average Bonchev–Trinajstić information content (AvgIpc) is 3.12. The summed E-state index contributed by atoms with van der Waals surface area (Å²) in [5.74, 6) is -0.558. The first kappa shape index (κ1) is 32.3. The number of halogens is 1. The Bertz CT molecular complexity index is 1290. The molecule has 41 heavy (non-hydrogen) atoms. The number of pyridine rings is 1. The van der Waals surface area contributed by atoms with Gasteiger partial charge in [0.15, 0.2) is 0 Å². The molecule has 2 amide bonds. The van der Waals surface area contributed by atoms with E-state index in [0.29, 0.717) is 28.3 Å². The molecule has 2 aromatic rings. The second-order valence-corrected chi connectivity index (χ2v) is 14.0. The first-order valence-electron chi connectivity index (χ1n) is 14.2. The van der Waals surface area contributed by atoms with Crippen LogP contribution in [0.2, 0.25) is 5.02 Å². The number of aliphatic imine (C=N–C) groups is 1. The third-order valence-corrected chi connectivity index (χ3v) is 7.53. The summed E-state index contributed by atoms with van der Waals surface area (Å²) in [6.07, 6.45) is 7.43. The van der Waals surface area contributed by atoms with E-state index in [1.54, 1.807) is 30.6 Å². The summed E-state index contributed by atoms with van der Waals surface area (Å²) in [6, 6.07) is 8.83. The van der Waals surface area contributed by atoms with E-state index in [-0.39, 0.29) is 41.1 Å². The van der Waals surface area contributed by atoms with Crippen molar-refractivity contribution < 1.29 is 9.59 Å². The number of nitrogens with one attached hydrogen (secondary N) is 2. The highest BCUT2D eigenvalue weighted by Crippen LogP contribution is 2.42. The van der Waals surface area contributed by atoms with Gasteiger partial charge >= 0.3 is 0 Å². The van der Waals surface area contributed by atoms with Crippen molar-refractivity contribution in [3.8, 4) is 0 Å². The fraction of sp³-hybridized carbons (Fsp3) is 0.531. The van der Waals surface area contributed by atoms with Gasteiger partial charge in [-0.1, -0.05) is 65.3 Å². The van der Waals surface area contributed by atoms with Crippen molar-refractivity contribution in [3.63, 3.8) is 0 Å². The molecule has 0 bridgehead atoms. The zero-order valence-electron chi connectivity index (χ0n) is 25.5. The molecule has 1 aromatic heterocycles. The number of rotatable bonds is 11. The smallest absolute Gasteiger partial charge is 0.275 e. The van der Waals surface area contributed by atoms with Crippen molar-refractivity contribution in [2.75, 3.05) is 6.54 Å². The Balaban J connectivity index is 2.04. The van der Waals surface area contributed by atoms with E-state index in [1.165, 1.54) is 0 Å². The summed E-state index contributed by atoms with van der Waals surface area (Å²) < 4.78 is 0. The largest absolute Gasteiger partial charge is 0.386 e. The maximum absolute atomic E-state index is 14.3. The Morgan fingerprint density at radius 3 is 2.29 bits per heavy atom. The minimum Gasteiger partial charge on any atom is -0.386 e. The molecule has 0 saturated carbocycles. The molecule has 2 heterocycles. The number of benzene rings is 1. The molecule has 1 aliphatic rings. The topological polar surface area (TPSA) is 125 Å². The Hall–Kier alpha value is -3.26. The van der Waals surface area contributed by atoms with Crippen molar-refractivity contribution in [1.82, 2.24) is 15.2 Å². The molecule has 1 aromatic carbocycles. The Labute approximate surface area is 249 Å². The molecule has 0 spiro atoms. The van der Waals surface area contributed by atoms with E-state index in [2.05, 4.69) is 51.8 Å². The van der Waals surface area contributed by atoms with E-state index >= 15 is 0 Å². The van der Waals surface area contributed by atoms with Gasteiger partial charge in [0.1, 0.15) is 17.2 Å². The zero-order chi connectivity index (χ0) is 30.6. The molecule has 0 saturated heterocycles. The second kappa shape index (κ2) is 12.7. The maximum Gasteiger partial charge on any atom is 0.275 e. The summed E-state index contributed by atoms with van der Waals surface area (Å²) >= 11 is 6.26. The Morgan fingerprint density at radius 2 is 1.73 bits per heavy atom. The summed E-state index contributed by atoms with van der Waals surface area (Å²) in [6.45, 7) is 15.3. The van der Waals surface area contributed by atoms with Crippen LogP contribution in [0.3, 0.4) is 0 Å². The lowest BCUT2D eigenvalue weighted by atomic mass is 9.84. The van der Waals surface area contributed by atoms with Crippen molar-refractivity contribution in [3.05, 3.63) is 64.4 Å². The third-order valence-electron chi connectivity index (χ3n) is 7.32. The van der Waals surface area contributed by atoms with Gasteiger partial charge < -0.3 is 16.0 Å². The molecule has 2 atom stereocenters. The summed E-state index contributed by atoms with van der Waals surface area (Å²) in [5.41, 5.74) is 7.23. The lowest BCUT2D eigenvalue weighted by Gasteiger charge is -2.41. The van der Waals surface area contributed by atoms with E-state index in [9.17, 15) is 9.59 Å². The normalized spacial score (nSPS) is 18.3. The number of aromatic nitrogens is 1. The predicted molar refractivity (Wildman–Crippen MR) is 166 cm³/mol. The molecule has 1 aliphatic heterocycles. The van der Waals surface area contributed by atoms with Crippen LogP contribution in [0.1, 0.15) is 108 Å². The third kappa shape index (κ3) is 8.86. The number of carbonyl (C=O) groups is 2. The minimum atomic E-state index is -0.764. The van der Waals surface area contributed by atoms with Crippen molar-refractivity contribution in [2.24, 2.45) is 21.6 Å². The average molecular weight is 581 g/mol. The van der Waals surface area contributed by atoms with Gasteiger partial charge in [-0.25, -0.2) is 0 Å². The number of nitrogens with two attached hydrogens (primary N) is 1. The first-order chi connectivity index (χ1) is 19.0. The van der Waals surface area contributed by atoms with Crippen LogP contribution in [0.5, 0.6) is 0 Å². The molecule has 0 radical (unpaired) electrons. The van der Waals surface area contributed by atoms with Crippen LogP contribution in [0.4, 0.5) is 0 Å². The van der Waals surface area contributed by atoms with E-state index in [0.717, 1.165) is 31.2 Å². The Kier molecular flexibility index (Phi) is 10.0. The van der Waals surface area contributed by atoms with Gasteiger partial charge in [0.25, 0.3) is 11.8 Å². The SMILES string of the molecule is CC(C)(C)CCCC1(C)N=C(c2cncc(Cl)c2)C(=O)N1C(CCC(C)(C)C)c1ccc(C(=O)NCC(=N)N)cc1. The van der Waals surface area contributed by atoms with Crippen LogP contribution >= 0.6 is 11.6 Å². The fourth-order valence-electron chi connectivity index (χ4n) is 5.16. The maximum atomic E-state index is 14.3. The molecule has 0 aliphatic carbocycles. The molecular weight excluding hydrogens is 536 g/mol. The van der Waals surface area contributed by atoms with Gasteiger partial charge in [-0.3, -0.25) is 25.0 Å². The fourth-order valence-corrected chi connectivity index (χ4v) is 5.33. The molecule has 9 heteroatoms. The molecule has 8 nitrogen and oxygen atoms in total. The predicted octanol–water partition coefficient (Wildman–Crippen LogP) is 6.53. The van der Waals surface area contributed by atoms with Gasteiger partial charge in [0.05, 0.1) is 17.6 Å². The molecule has 0 fully saturated rings. The standard InChI is InChI=1S/C32H45ClN6O2/c1-30(2,3)14-8-15-32(7)38-27(23-17-24(33)19-36-18-23)29(41)39(32)25(13-16-31(4,5)6)21-9-11-22(12-10-21)28(40)37-20-26(34)35/h9-12,17-19,25H,8,13-16,20H2,1-7H3,(H3,34,35)(H,37,40). The lowest BCUT2D eigenvalue weighted by Crippen LogP contribution is -2.47. The Morgan fingerprint density at radius 1 is 1.10 bits per heavy atom. The second-order valence-electron chi connectivity index (χ2n) is 13.6. The number of hydrogen-bond acceptors (Lipinski definition) is 5.